The Morgan fingerprint density at radius 3 is 2.67 bits per heavy atom. The number of para-hydroxylation sites is 1. The topological polar surface area (TPSA) is 46.9 Å². The summed E-state index contributed by atoms with van der Waals surface area (Å²) in [5.74, 6) is 0.831. The lowest BCUT2D eigenvalue weighted by Gasteiger charge is -2.13. The van der Waals surface area contributed by atoms with Gasteiger partial charge in [-0.25, -0.2) is 4.68 Å². The molecular weight excluding hydrogens is 298 g/mol. The number of carbonyl (C=O) groups is 1. The quantitative estimate of drug-likeness (QED) is 0.776. The number of hydrogen-bond acceptors (Lipinski definition) is 3. The van der Waals surface area contributed by atoms with Crippen molar-refractivity contribution < 1.29 is 4.79 Å². The molecule has 0 bridgehead atoms. The Labute approximate surface area is 141 Å². The van der Waals surface area contributed by atoms with Gasteiger partial charge in [0.25, 0.3) is 0 Å². The van der Waals surface area contributed by atoms with Crippen LogP contribution in [0.2, 0.25) is 0 Å². The first-order valence-corrected chi connectivity index (χ1v) is 8.26. The van der Waals surface area contributed by atoms with Gasteiger partial charge in [0.2, 0.25) is 0 Å². The van der Waals surface area contributed by atoms with Crippen molar-refractivity contribution in [1.29, 1.82) is 0 Å². The Morgan fingerprint density at radius 1 is 1.04 bits per heavy atom. The van der Waals surface area contributed by atoms with Crippen molar-refractivity contribution in [1.82, 2.24) is 9.78 Å². The number of Topliss-reactive ketones (excluding diaryl/α,β-unsaturated/α-hetero) is 1. The molecule has 0 unspecified atom stereocenters. The average Bonchev–Trinajstić information content (AvgIpc) is 2.96. The third kappa shape index (κ3) is 2.60. The van der Waals surface area contributed by atoms with Gasteiger partial charge in [-0.15, -0.1) is 5.10 Å². The molecule has 0 radical (unpaired) electrons. The van der Waals surface area contributed by atoms with Gasteiger partial charge in [-0.05, 0) is 49.6 Å². The van der Waals surface area contributed by atoms with E-state index < -0.39 is 0 Å². The first-order chi connectivity index (χ1) is 11.7. The van der Waals surface area contributed by atoms with E-state index >= 15 is 0 Å². The second-order valence-corrected chi connectivity index (χ2v) is 6.19. The van der Waals surface area contributed by atoms with Crippen LogP contribution in [0.5, 0.6) is 0 Å². The summed E-state index contributed by atoms with van der Waals surface area (Å²) >= 11 is 0. The number of aromatic nitrogens is 2. The summed E-state index contributed by atoms with van der Waals surface area (Å²) in [4.78, 5) is 12.5. The SMILES string of the molecule is Cc1cccc(Nc2nn(-c3ccccc3)c3c2C(=O)CCC3)c1. The zero-order valence-corrected chi connectivity index (χ0v) is 13.6. The van der Waals surface area contributed by atoms with Crippen LogP contribution in [0.25, 0.3) is 5.69 Å². The first-order valence-electron chi connectivity index (χ1n) is 8.26. The summed E-state index contributed by atoms with van der Waals surface area (Å²) in [5.41, 5.74) is 4.86. The molecule has 4 nitrogen and oxygen atoms in total. The molecule has 1 aliphatic rings. The lowest BCUT2D eigenvalue weighted by molar-refractivity contribution is 0.0973. The Morgan fingerprint density at radius 2 is 1.88 bits per heavy atom. The van der Waals surface area contributed by atoms with Crippen molar-refractivity contribution in [3.05, 3.63) is 71.4 Å². The molecule has 0 saturated heterocycles. The van der Waals surface area contributed by atoms with E-state index in [-0.39, 0.29) is 5.78 Å². The number of ketones is 1. The molecule has 0 saturated carbocycles. The van der Waals surface area contributed by atoms with Gasteiger partial charge in [-0.2, -0.15) is 0 Å². The van der Waals surface area contributed by atoms with E-state index in [1.165, 1.54) is 5.56 Å². The van der Waals surface area contributed by atoms with Gasteiger partial charge in [0.05, 0.1) is 16.9 Å². The van der Waals surface area contributed by atoms with Crippen molar-refractivity contribution in [2.24, 2.45) is 0 Å². The molecule has 0 amide bonds. The number of aryl methyl sites for hydroxylation is 1. The molecule has 3 aromatic rings. The highest BCUT2D eigenvalue weighted by Crippen LogP contribution is 2.31. The Balaban J connectivity index is 1.82. The molecule has 0 atom stereocenters. The van der Waals surface area contributed by atoms with E-state index in [2.05, 4.69) is 11.4 Å². The third-order valence-electron chi connectivity index (χ3n) is 4.36. The molecule has 1 aromatic heterocycles. The Hall–Kier alpha value is -2.88. The zero-order chi connectivity index (χ0) is 16.5. The summed E-state index contributed by atoms with van der Waals surface area (Å²) in [6.07, 6.45) is 2.35. The van der Waals surface area contributed by atoms with Crippen LogP contribution in [-0.2, 0) is 6.42 Å². The number of benzene rings is 2. The third-order valence-corrected chi connectivity index (χ3v) is 4.36. The molecule has 120 valence electrons. The molecule has 0 spiro atoms. The minimum Gasteiger partial charge on any atom is -0.338 e. The maximum absolute atomic E-state index is 12.5. The smallest absolute Gasteiger partial charge is 0.168 e. The van der Waals surface area contributed by atoms with Gasteiger partial charge in [0.1, 0.15) is 0 Å². The van der Waals surface area contributed by atoms with Crippen molar-refractivity contribution in [3.8, 4) is 5.69 Å². The van der Waals surface area contributed by atoms with Gasteiger partial charge >= 0.3 is 0 Å². The predicted octanol–water partition coefficient (Wildman–Crippen LogP) is 4.44. The molecular formula is C20H19N3O. The highest BCUT2D eigenvalue weighted by Gasteiger charge is 2.27. The van der Waals surface area contributed by atoms with Crippen LogP contribution >= 0.6 is 0 Å². The minimum atomic E-state index is 0.175. The number of carbonyl (C=O) groups excluding carboxylic acids is 1. The van der Waals surface area contributed by atoms with Gasteiger partial charge in [0, 0.05) is 12.1 Å². The van der Waals surface area contributed by atoms with E-state index in [0.717, 1.165) is 35.5 Å². The maximum Gasteiger partial charge on any atom is 0.168 e. The Kier molecular flexibility index (Phi) is 3.65. The molecule has 4 heteroatoms. The molecule has 0 fully saturated rings. The second-order valence-electron chi connectivity index (χ2n) is 6.19. The Bertz CT molecular complexity index is 897. The highest BCUT2D eigenvalue weighted by molar-refractivity contribution is 6.03. The first kappa shape index (κ1) is 14.7. The van der Waals surface area contributed by atoms with Crippen molar-refractivity contribution in [2.75, 3.05) is 5.32 Å². The fourth-order valence-electron chi connectivity index (χ4n) is 3.25. The van der Waals surface area contributed by atoms with E-state index in [0.29, 0.717) is 12.2 Å². The summed E-state index contributed by atoms with van der Waals surface area (Å²) in [6, 6.07) is 18.1. The van der Waals surface area contributed by atoms with E-state index in [4.69, 9.17) is 5.10 Å². The van der Waals surface area contributed by atoms with Crippen LogP contribution in [-0.4, -0.2) is 15.6 Å². The summed E-state index contributed by atoms with van der Waals surface area (Å²) in [5, 5.41) is 8.06. The number of rotatable bonds is 3. The lowest BCUT2D eigenvalue weighted by Crippen LogP contribution is -2.13. The number of nitrogens with zero attached hydrogens (tertiary/aromatic N) is 2. The van der Waals surface area contributed by atoms with Gasteiger partial charge in [0.15, 0.2) is 11.6 Å². The largest absolute Gasteiger partial charge is 0.338 e. The van der Waals surface area contributed by atoms with Crippen LogP contribution in [0, 0.1) is 6.92 Å². The van der Waals surface area contributed by atoms with Crippen LogP contribution in [0.4, 0.5) is 11.5 Å². The van der Waals surface area contributed by atoms with Crippen LogP contribution in [0.3, 0.4) is 0 Å². The monoisotopic (exact) mass is 317 g/mol. The van der Waals surface area contributed by atoms with Gasteiger partial charge in [-0.3, -0.25) is 4.79 Å². The fourth-order valence-corrected chi connectivity index (χ4v) is 3.25. The van der Waals surface area contributed by atoms with Crippen molar-refractivity contribution in [3.63, 3.8) is 0 Å². The van der Waals surface area contributed by atoms with Crippen LogP contribution in [0.15, 0.2) is 54.6 Å². The molecule has 24 heavy (non-hydrogen) atoms. The lowest BCUT2D eigenvalue weighted by atomic mass is 9.95. The normalized spacial score (nSPS) is 13.6. The molecule has 0 aliphatic heterocycles. The number of hydrogen-bond donors (Lipinski definition) is 1. The summed E-state index contributed by atoms with van der Waals surface area (Å²) < 4.78 is 1.91. The molecule has 4 rings (SSSR count). The van der Waals surface area contributed by atoms with Crippen LogP contribution < -0.4 is 5.32 Å². The van der Waals surface area contributed by atoms with Gasteiger partial charge in [-0.1, -0.05) is 30.3 Å². The van der Waals surface area contributed by atoms with E-state index in [1.54, 1.807) is 0 Å². The number of anilines is 2. The second kappa shape index (κ2) is 5.96. The number of nitrogens with one attached hydrogen (secondary N) is 1. The highest BCUT2D eigenvalue weighted by atomic mass is 16.1. The zero-order valence-electron chi connectivity index (χ0n) is 13.6. The predicted molar refractivity (Wildman–Crippen MR) is 95.3 cm³/mol. The molecule has 1 aliphatic carbocycles. The maximum atomic E-state index is 12.5. The summed E-state index contributed by atoms with van der Waals surface area (Å²) in [6.45, 7) is 2.05. The standard InChI is InChI=1S/C20H19N3O/c1-14-7-5-8-15(13-14)21-20-19-17(11-6-12-18(19)24)23(22-20)16-9-3-2-4-10-16/h2-5,7-10,13H,6,11-12H2,1H3,(H,21,22). The van der Waals surface area contributed by atoms with Crippen LogP contribution in [0.1, 0.15) is 34.5 Å². The molecule has 2 aromatic carbocycles. The minimum absolute atomic E-state index is 0.175. The van der Waals surface area contributed by atoms with Gasteiger partial charge < -0.3 is 5.32 Å². The molecule has 1 N–H and O–H groups in total. The van der Waals surface area contributed by atoms with E-state index in [1.807, 2.05) is 60.1 Å². The average molecular weight is 317 g/mol. The van der Waals surface area contributed by atoms with Crippen molar-refractivity contribution >= 4 is 17.3 Å². The van der Waals surface area contributed by atoms with E-state index in [9.17, 15) is 4.79 Å². The van der Waals surface area contributed by atoms with Crippen molar-refractivity contribution in [2.45, 2.75) is 26.2 Å². The fraction of sp³-hybridized carbons (Fsp3) is 0.200. The summed E-state index contributed by atoms with van der Waals surface area (Å²) in [7, 11) is 0. The number of fused-ring (bicyclic) bond motifs is 1. The molecule has 1 heterocycles.